The summed E-state index contributed by atoms with van der Waals surface area (Å²) < 4.78 is 18.3. The molecule has 4 nitrogen and oxygen atoms in total. The van der Waals surface area contributed by atoms with Crippen molar-refractivity contribution in [2.24, 2.45) is 0 Å². The lowest BCUT2D eigenvalue weighted by molar-refractivity contribution is -0.384. The van der Waals surface area contributed by atoms with Gasteiger partial charge in [0.05, 0.1) is 9.95 Å². The molecule has 20 heavy (non-hydrogen) atoms. The van der Waals surface area contributed by atoms with Crippen LogP contribution in [-0.2, 0) is 0 Å². The highest BCUT2D eigenvalue weighted by Crippen LogP contribution is 2.38. The Hall–Kier alpha value is -1.56. The first-order chi connectivity index (χ1) is 9.38. The second-order valence-corrected chi connectivity index (χ2v) is 4.89. The molecule has 0 atom stereocenters. The van der Waals surface area contributed by atoms with Gasteiger partial charge < -0.3 is 4.74 Å². The summed E-state index contributed by atoms with van der Waals surface area (Å²) in [6.07, 6.45) is 0. The predicted octanol–water partition coefficient (Wildman–Crippen LogP) is 5.49. The van der Waals surface area contributed by atoms with Crippen molar-refractivity contribution < 1.29 is 14.1 Å². The molecule has 0 aliphatic rings. The highest BCUT2D eigenvalue weighted by molar-refractivity contribution is 6.38. The molecule has 0 N–H and O–H groups in total. The quantitative estimate of drug-likeness (QED) is 0.550. The lowest BCUT2D eigenvalue weighted by Crippen LogP contribution is -1.92. The summed E-state index contributed by atoms with van der Waals surface area (Å²) >= 11 is 17.3. The van der Waals surface area contributed by atoms with Crippen LogP contribution in [0.25, 0.3) is 0 Å². The standard InChI is InChI=1S/C12H5Cl3FNO3/c13-8-3-6(16)1-2-11(8)20-7-4-9(14)12(17(18)19)10(15)5-7/h1-5H. The molecule has 0 spiro atoms. The van der Waals surface area contributed by atoms with E-state index in [0.29, 0.717) is 0 Å². The molecule has 0 aromatic heterocycles. The van der Waals surface area contributed by atoms with Crippen LogP contribution in [0.4, 0.5) is 10.1 Å². The second-order valence-electron chi connectivity index (χ2n) is 3.67. The number of ether oxygens (including phenoxy) is 1. The molecular formula is C12H5Cl3FNO3. The number of nitro groups is 1. The molecule has 0 heterocycles. The van der Waals surface area contributed by atoms with E-state index in [4.69, 9.17) is 39.5 Å². The maximum Gasteiger partial charge on any atom is 0.306 e. The maximum absolute atomic E-state index is 12.9. The predicted molar refractivity (Wildman–Crippen MR) is 74.6 cm³/mol. The number of hydrogen-bond acceptors (Lipinski definition) is 3. The Morgan fingerprint density at radius 1 is 1.05 bits per heavy atom. The average molecular weight is 337 g/mol. The average Bonchev–Trinajstić information content (AvgIpc) is 2.31. The summed E-state index contributed by atoms with van der Waals surface area (Å²) in [5.41, 5.74) is -0.411. The van der Waals surface area contributed by atoms with Gasteiger partial charge in [-0.2, -0.15) is 0 Å². The van der Waals surface area contributed by atoms with Crippen molar-refractivity contribution in [3.63, 3.8) is 0 Å². The summed E-state index contributed by atoms with van der Waals surface area (Å²) in [4.78, 5) is 10.0. The molecule has 104 valence electrons. The van der Waals surface area contributed by atoms with Crippen LogP contribution < -0.4 is 4.74 Å². The molecule has 0 aliphatic heterocycles. The molecule has 0 saturated carbocycles. The minimum atomic E-state index is -0.695. The van der Waals surface area contributed by atoms with Crippen molar-refractivity contribution in [2.75, 3.05) is 0 Å². The number of halogens is 4. The van der Waals surface area contributed by atoms with E-state index in [1.807, 2.05) is 0 Å². The van der Waals surface area contributed by atoms with Gasteiger partial charge in [-0.15, -0.1) is 0 Å². The first-order valence-corrected chi connectivity index (χ1v) is 6.28. The zero-order valence-corrected chi connectivity index (χ0v) is 11.8. The number of hydrogen-bond donors (Lipinski definition) is 0. The van der Waals surface area contributed by atoms with Gasteiger partial charge in [-0.1, -0.05) is 34.8 Å². The number of benzene rings is 2. The van der Waals surface area contributed by atoms with Crippen LogP contribution >= 0.6 is 34.8 Å². The summed E-state index contributed by atoms with van der Waals surface area (Å²) in [6.45, 7) is 0. The first-order valence-electron chi connectivity index (χ1n) is 5.15. The highest BCUT2D eigenvalue weighted by atomic mass is 35.5. The van der Waals surface area contributed by atoms with E-state index in [1.54, 1.807) is 0 Å². The third kappa shape index (κ3) is 3.12. The molecule has 2 rings (SSSR count). The van der Waals surface area contributed by atoms with Crippen LogP contribution in [-0.4, -0.2) is 4.92 Å². The third-order valence-electron chi connectivity index (χ3n) is 2.29. The van der Waals surface area contributed by atoms with Crippen molar-refractivity contribution in [1.82, 2.24) is 0 Å². The van der Waals surface area contributed by atoms with Gasteiger partial charge in [0.25, 0.3) is 0 Å². The van der Waals surface area contributed by atoms with Gasteiger partial charge in [-0.05, 0) is 18.2 Å². The Morgan fingerprint density at radius 3 is 2.15 bits per heavy atom. The van der Waals surface area contributed by atoms with Gasteiger partial charge in [0, 0.05) is 12.1 Å². The molecule has 0 bridgehead atoms. The summed E-state index contributed by atoms with van der Waals surface area (Å²) in [7, 11) is 0. The van der Waals surface area contributed by atoms with Crippen LogP contribution in [0, 0.1) is 15.9 Å². The van der Waals surface area contributed by atoms with E-state index < -0.39 is 16.4 Å². The Balaban J connectivity index is 2.37. The molecule has 0 unspecified atom stereocenters. The molecule has 0 saturated heterocycles. The molecule has 8 heteroatoms. The summed E-state index contributed by atoms with van der Waals surface area (Å²) in [5.74, 6) is -0.185. The fraction of sp³-hybridized carbons (Fsp3) is 0. The maximum atomic E-state index is 12.9. The van der Waals surface area contributed by atoms with Crippen LogP contribution in [0.3, 0.4) is 0 Å². The van der Waals surface area contributed by atoms with E-state index in [-0.39, 0.29) is 26.6 Å². The van der Waals surface area contributed by atoms with Crippen molar-refractivity contribution in [3.8, 4) is 11.5 Å². The minimum absolute atomic E-state index is 0.0515. The topological polar surface area (TPSA) is 52.4 Å². The van der Waals surface area contributed by atoms with E-state index in [1.165, 1.54) is 18.2 Å². The zero-order valence-electron chi connectivity index (χ0n) is 9.57. The van der Waals surface area contributed by atoms with E-state index in [0.717, 1.165) is 12.1 Å². The number of nitrogens with zero attached hydrogens (tertiary/aromatic N) is 1. The van der Waals surface area contributed by atoms with Gasteiger partial charge in [0.15, 0.2) is 0 Å². The van der Waals surface area contributed by atoms with E-state index in [9.17, 15) is 14.5 Å². The Kier molecular flexibility index (Phi) is 4.32. The van der Waals surface area contributed by atoms with Gasteiger partial charge in [-0.3, -0.25) is 10.1 Å². The van der Waals surface area contributed by atoms with Crippen LogP contribution in [0.1, 0.15) is 0 Å². The van der Waals surface area contributed by atoms with Crippen molar-refractivity contribution in [2.45, 2.75) is 0 Å². The van der Waals surface area contributed by atoms with Crippen LogP contribution in [0.5, 0.6) is 11.5 Å². The van der Waals surface area contributed by atoms with Crippen LogP contribution in [0.2, 0.25) is 15.1 Å². The van der Waals surface area contributed by atoms with Gasteiger partial charge in [0.1, 0.15) is 27.4 Å². The fourth-order valence-corrected chi connectivity index (χ4v) is 2.27. The fourth-order valence-electron chi connectivity index (χ4n) is 1.46. The second kappa shape index (κ2) is 5.83. The first kappa shape index (κ1) is 14.8. The van der Waals surface area contributed by atoms with Crippen molar-refractivity contribution >= 4 is 40.5 Å². The van der Waals surface area contributed by atoms with Gasteiger partial charge in [-0.25, -0.2) is 4.39 Å². The molecule has 2 aromatic carbocycles. The Bertz CT molecular complexity index is 671. The largest absolute Gasteiger partial charge is 0.456 e. The van der Waals surface area contributed by atoms with Gasteiger partial charge in [0.2, 0.25) is 0 Å². The normalized spacial score (nSPS) is 10.4. The van der Waals surface area contributed by atoms with Gasteiger partial charge >= 0.3 is 5.69 Å². The zero-order chi connectivity index (χ0) is 14.9. The monoisotopic (exact) mass is 335 g/mol. The molecule has 0 fully saturated rings. The SMILES string of the molecule is O=[N+]([O-])c1c(Cl)cc(Oc2ccc(F)cc2Cl)cc1Cl. The van der Waals surface area contributed by atoms with Crippen molar-refractivity contribution in [3.05, 3.63) is 61.3 Å². The third-order valence-corrected chi connectivity index (χ3v) is 3.17. The lowest BCUT2D eigenvalue weighted by Gasteiger charge is -2.08. The lowest BCUT2D eigenvalue weighted by atomic mass is 10.3. The van der Waals surface area contributed by atoms with Crippen molar-refractivity contribution in [1.29, 1.82) is 0 Å². The van der Waals surface area contributed by atoms with Crippen LogP contribution in [0.15, 0.2) is 30.3 Å². The summed E-state index contributed by atoms with van der Waals surface area (Å²) in [6, 6.07) is 6.01. The molecule has 2 aromatic rings. The molecule has 0 radical (unpaired) electrons. The Labute approximate surface area is 127 Å². The number of nitro benzene ring substituents is 1. The molecule has 0 amide bonds. The number of rotatable bonds is 3. The van der Waals surface area contributed by atoms with E-state index in [2.05, 4.69) is 0 Å². The molecular weight excluding hydrogens is 331 g/mol. The molecule has 0 aliphatic carbocycles. The van der Waals surface area contributed by atoms with E-state index >= 15 is 0 Å². The summed E-state index contributed by atoms with van der Waals surface area (Å²) in [5, 5.41) is 10.4. The minimum Gasteiger partial charge on any atom is -0.456 e. The smallest absolute Gasteiger partial charge is 0.306 e. The highest BCUT2D eigenvalue weighted by Gasteiger charge is 2.20. The Morgan fingerprint density at radius 2 is 1.65 bits per heavy atom.